The lowest BCUT2D eigenvalue weighted by atomic mass is 9.38. The van der Waals surface area contributed by atoms with Crippen LogP contribution in [0.15, 0.2) is 24.3 Å². The number of amides is 1. The predicted molar refractivity (Wildman–Crippen MR) is 81.6 cm³/mol. The summed E-state index contributed by atoms with van der Waals surface area (Å²) in [5, 5.41) is 0.712. The third-order valence-corrected chi connectivity index (χ3v) is 5.91. The van der Waals surface area contributed by atoms with Gasteiger partial charge >= 0.3 is 5.97 Å². The van der Waals surface area contributed by atoms with Gasteiger partial charge < -0.3 is 9.64 Å². The lowest BCUT2D eigenvalue weighted by molar-refractivity contribution is -0.229. The summed E-state index contributed by atoms with van der Waals surface area (Å²) in [6, 6.07) is 7.75. The van der Waals surface area contributed by atoms with E-state index in [2.05, 4.69) is 0 Å². The van der Waals surface area contributed by atoms with Crippen molar-refractivity contribution in [3.63, 3.8) is 0 Å². The molecule has 4 nitrogen and oxygen atoms in total. The Morgan fingerprint density at radius 2 is 1.91 bits per heavy atom. The highest BCUT2D eigenvalue weighted by Crippen LogP contribution is 2.71. The quantitative estimate of drug-likeness (QED) is 0.805. The van der Waals surface area contributed by atoms with E-state index in [0.717, 1.165) is 31.4 Å². The lowest BCUT2D eigenvalue weighted by Gasteiger charge is -2.71. The van der Waals surface area contributed by atoms with Gasteiger partial charge in [0.15, 0.2) is 0 Å². The highest BCUT2D eigenvalue weighted by atomic mass is 35.5. The van der Waals surface area contributed by atoms with Crippen molar-refractivity contribution < 1.29 is 14.3 Å². The lowest BCUT2D eigenvalue weighted by Crippen LogP contribution is -2.77. The van der Waals surface area contributed by atoms with E-state index in [-0.39, 0.29) is 28.7 Å². The molecular weight excluding hydrogens is 302 g/mol. The zero-order valence-corrected chi connectivity index (χ0v) is 13.2. The molecule has 0 spiro atoms. The first-order valence-electron chi connectivity index (χ1n) is 7.62. The smallest absolute Gasteiger partial charge is 0.312 e. The van der Waals surface area contributed by atoms with Crippen LogP contribution in [0.2, 0.25) is 5.02 Å². The van der Waals surface area contributed by atoms with Crippen LogP contribution in [0.4, 0.5) is 0 Å². The molecule has 0 radical (unpaired) electrons. The second kappa shape index (κ2) is 4.48. The number of methoxy groups -OCH3 is 1. The number of hydrogen-bond donors (Lipinski definition) is 0. The summed E-state index contributed by atoms with van der Waals surface area (Å²) in [6.07, 6.45) is 2.86. The van der Waals surface area contributed by atoms with Crippen LogP contribution in [-0.4, -0.2) is 36.0 Å². The van der Waals surface area contributed by atoms with Crippen LogP contribution >= 0.6 is 11.6 Å². The van der Waals surface area contributed by atoms with E-state index in [9.17, 15) is 9.59 Å². The molecule has 5 heteroatoms. The molecule has 5 rings (SSSR count). The molecule has 3 saturated carbocycles. The Morgan fingerprint density at radius 1 is 1.27 bits per heavy atom. The standard InChI is InChI=1S/C17H18ClNO3/c1-22-15(21)16-8-17(9-16,10-16)19-7-12(6-14(19)20)11-2-4-13(18)5-3-11/h2-5,12H,6-10H2,1H3. The average Bonchev–Trinajstić information content (AvgIpc) is 2.79. The Hall–Kier alpha value is -1.55. The molecule has 116 valence electrons. The van der Waals surface area contributed by atoms with Gasteiger partial charge in [-0.2, -0.15) is 0 Å². The molecular formula is C17H18ClNO3. The molecule has 4 fully saturated rings. The fourth-order valence-corrected chi connectivity index (χ4v) is 4.70. The van der Waals surface area contributed by atoms with Crippen LogP contribution in [-0.2, 0) is 14.3 Å². The topological polar surface area (TPSA) is 46.6 Å². The van der Waals surface area contributed by atoms with Crippen LogP contribution in [0.5, 0.6) is 0 Å². The second-order valence-electron chi connectivity index (χ2n) is 6.98. The molecule has 1 unspecified atom stereocenters. The van der Waals surface area contributed by atoms with Gasteiger partial charge in [0.2, 0.25) is 5.91 Å². The number of halogens is 1. The Labute approximate surface area is 134 Å². The molecule has 4 aliphatic rings. The van der Waals surface area contributed by atoms with Crippen molar-refractivity contribution in [3.8, 4) is 0 Å². The monoisotopic (exact) mass is 319 g/mol. The average molecular weight is 320 g/mol. The first-order chi connectivity index (χ1) is 10.5. The molecule has 1 aromatic carbocycles. The third-order valence-electron chi connectivity index (χ3n) is 5.66. The van der Waals surface area contributed by atoms with Gasteiger partial charge in [0.25, 0.3) is 0 Å². The molecule has 3 aliphatic carbocycles. The molecule has 22 heavy (non-hydrogen) atoms. The minimum atomic E-state index is -0.298. The summed E-state index contributed by atoms with van der Waals surface area (Å²) in [7, 11) is 1.44. The van der Waals surface area contributed by atoms with Gasteiger partial charge in [0, 0.05) is 29.4 Å². The van der Waals surface area contributed by atoms with E-state index < -0.39 is 0 Å². The molecule has 1 aliphatic heterocycles. The van der Waals surface area contributed by atoms with Gasteiger partial charge in [-0.25, -0.2) is 0 Å². The third kappa shape index (κ3) is 1.76. The number of likely N-dealkylation sites (tertiary alicyclic amines) is 1. The van der Waals surface area contributed by atoms with Crippen molar-refractivity contribution in [2.75, 3.05) is 13.7 Å². The van der Waals surface area contributed by atoms with Gasteiger partial charge in [-0.1, -0.05) is 23.7 Å². The van der Waals surface area contributed by atoms with Crippen molar-refractivity contribution in [2.24, 2.45) is 5.41 Å². The van der Waals surface area contributed by atoms with Crippen molar-refractivity contribution >= 4 is 23.5 Å². The number of nitrogens with zero attached hydrogens (tertiary/aromatic N) is 1. The minimum Gasteiger partial charge on any atom is -0.469 e. The van der Waals surface area contributed by atoms with Crippen molar-refractivity contribution in [1.82, 2.24) is 4.90 Å². The van der Waals surface area contributed by atoms with Gasteiger partial charge in [-0.15, -0.1) is 0 Å². The fourth-order valence-electron chi connectivity index (χ4n) is 4.58. The zero-order chi connectivity index (χ0) is 15.5. The summed E-state index contributed by atoms with van der Waals surface area (Å²) >= 11 is 5.92. The molecule has 1 atom stereocenters. The summed E-state index contributed by atoms with van der Waals surface area (Å²) in [5.41, 5.74) is 0.786. The van der Waals surface area contributed by atoms with E-state index in [1.165, 1.54) is 7.11 Å². The number of rotatable bonds is 3. The predicted octanol–water partition coefficient (Wildman–Crippen LogP) is 2.75. The summed E-state index contributed by atoms with van der Waals surface area (Å²) in [4.78, 5) is 26.2. The minimum absolute atomic E-state index is 0.0769. The number of carbonyl (C=O) groups excluding carboxylic acids is 2. The van der Waals surface area contributed by atoms with Crippen molar-refractivity contribution in [3.05, 3.63) is 34.9 Å². The first kappa shape index (κ1) is 14.1. The van der Waals surface area contributed by atoms with E-state index in [1.807, 2.05) is 29.2 Å². The van der Waals surface area contributed by atoms with Gasteiger partial charge in [0.05, 0.1) is 12.5 Å². The van der Waals surface area contributed by atoms with Crippen molar-refractivity contribution in [2.45, 2.75) is 37.1 Å². The molecule has 1 aromatic rings. The Bertz CT molecular complexity index is 635. The molecule has 2 bridgehead atoms. The van der Waals surface area contributed by atoms with Crippen molar-refractivity contribution in [1.29, 1.82) is 0 Å². The molecule has 1 saturated heterocycles. The van der Waals surface area contributed by atoms with E-state index in [4.69, 9.17) is 16.3 Å². The summed E-state index contributed by atoms with van der Waals surface area (Å²) < 4.78 is 4.88. The number of esters is 1. The molecule has 1 amide bonds. The van der Waals surface area contributed by atoms with Crippen LogP contribution in [0.25, 0.3) is 0 Å². The number of ether oxygens (including phenoxy) is 1. The van der Waals surface area contributed by atoms with Gasteiger partial charge in [0.1, 0.15) is 0 Å². The van der Waals surface area contributed by atoms with Crippen LogP contribution in [0, 0.1) is 5.41 Å². The number of carbonyl (C=O) groups is 2. The van der Waals surface area contributed by atoms with Crippen LogP contribution < -0.4 is 0 Å². The largest absolute Gasteiger partial charge is 0.469 e. The Kier molecular flexibility index (Phi) is 2.86. The van der Waals surface area contributed by atoms with Crippen LogP contribution in [0.3, 0.4) is 0 Å². The van der Waals surface area contributed by atoms with Gasteiger partial charge in [-0.05, 0) is 37.0 Å². The van der Waals surface area contributed by atoms with Crippen LogP contribution in [0.1, 0.15) is 37.2 Å². The SMILES string of the molecule is COC(=O)C12CC(N3CC(c4ccc(Cl)cc4)CC3=O)(C1)C2. The maximum absolute atomic E-state index is 12.4. The number of hydrogen-bond acceptors (Lipinski definition) is 3. The second-order valence-corrected chi connectivity index (χ2v) is 7.42. The summed E-state index contributed by atoms with van der Waals surface area (Å²) in [5.74, 6) is 0.321. The zero-order valence-electron chi connectivity index (χ0n) is 12.5. The van der Waals surface area contributed by atoms with E-state index in [1.54, 1.807) is 0 Å². The van der Waals surface area contributed by atoms with E-state index in [0.29, 0.717) is 11.4 Å². The highest BCUT2D eigenvalue weighted by molar-refractivity contribution is 6.30. The maximum atomic E-state index is 12.4. The van der Waals surface area contributed by atoms with Gasteiger partial charge in [-0.3, -0.25) is 9.59 Å². The van der Waals surface area contributed by atoms with E-state index >= 15 is 0 Å². The number of benzene rings is 1. The fraction of sp³-hybridized carbons (Fsp3) is 0.529. The molecule has 0 N–H and O–H groups in total. The normalized spacial score (nSPS) is 35.8. The summed E-state index contributed by atoms with van der Waals surface area (Å²) in [6.45, 7) is 0.748. The Morgan fingerprint density at radius 3 is 2.50 bits per heavy atom. The first-order valence-corrected chi connectivity index (χ1v) is 8.00. The molecule has 0 aromatic heterocycles. The molecule has 1 heterocycles. The highest BCUT2D eigenvalue weighted by Gasteiger charge is 2.75. The maximum Gasteiger partial charge on any atom is 0.312 e. The Balaban J connectivity index is 1.47.